The van der Waals surface area contributed by atoms with Crippen LogP contribution in [0.3, 0.4) is 0 Å². The molecule has 0 amide bonds. The first-order chi connectivity index (χ1) is 13.8. The summed E-state index contributed by atoms with van der Waals surface area (Å²) in [5.74, 6) is 4.49. The van der Waals surface area contributed by atoms with Gasteiger partial charge in [-0.3, -0.25) is 0 Å². The summed E-state index contributed by atoms with van der Waals surface area (Å²) < 4.78 is 5.47. The Labute approximate surface area is 165 Å². The number of piperazine rings is 1. The van der Waals surface area contributed by atoms with Gasteiger partial charge in [0.05, 0.1) is 13.2 Å². The standard InChI is InChI=1S/C20H27N7O/c1-15-14-18(26-10-12-28-13-11-26)24-20(22-15)27-8-6-25(7-9-27)17-4-5-21-19(23-17)16-2-3-16/h4-5,14,16H,2-3,6-13H2,1H3. The quantitative estimate of drug-likeness (QED) is 0.791. The lowest BCUT2D eigenvalue weighted by Gasteiger charge is -2.36. The molecule has 3 fully saturated rings. The molecule has 8 heteroatoms. The molecule has 0 radical (unpaired) electrons. The van der Waals surface area contributed by atoms with E-state index in [0.717, 1.165) is 81.6 Å². The molecule has 28 heavy (non-hydrogen) atoms. The van der Waals surface area contributed by atoms with Crippen LogP contribution < -0.4 is 14.7 Å². The minimum Gasteiger partial charge on any atom is -0.378 e. The average Bonchev–Trinajstić information content (AvgIpc) is 3.60. The number of aryl methyl sites for hydroxylation is 1. The molecule has 0 aromatic carbocycles. The molecule has 3 aliphatic rings. The third kappa shape index (κ3) is 3.73. The number of anilines is 3. The molecule has 148 valence electrons. The van der Waals surface area contributed by atoms with Gasteiger partial charge in [-0.15, -0.1) is 0 Å². The van der Waals surface area contributed by atoms with Crippen molar-refractivity contribution in [1.29, 1.82) is 0 Å². The minimum absolute atomic E-state index is 0.584. The normalized spacial score (nSPS) is 20.5. The second kappa shape index (κ2) is 7.50. The fraction of sp³-hybridized carbons (Fsp3) is 0.600. The second-order valence-electron chi connectivity index (χ2n) is 7.79. The number of hydrogen-bond acceptors (Lipinski definition) is 8. The van der Waals surface area contributed by atoms with Gasteiger partial charge in [0.25, 0.3) is 0 Å². The second-order valence-corrected chi connectivity index (χ2v) is 7.79. The van der Waals surface area contributed by atoms with E-state index in [1.807, 2.05) is 19.2 Å². The number of hydrogen-bond donors (Lipinski definition) is 0. The largest absolute Gasteiger partial charge is 0.378 e. The number of aromatic nitrogens is 4. The smallest absolute Gasteiger partial charge is 0.227 e. The Bertz CT molecular complexity index is 827. The highest BCUT2D eigenvalue weighted by atomic mass is 16.5. The predicted molar refractivity (Wildman–Crippen MR) is 108 cm³/mol. The summed E-state index contributed by atoms with van der Waals surface area (Å²) in [6, 6.07) is 4.10. The monoisotopic (exact) mass is 381 g/mol. The van der Waals surface area contributed by atoms with Gasteiger partial charge in [-0.05, 0) is 25.8 Å². The zero-order chi connectivity index (χ0) is 18.9. The first kappa shape index (κ1) is 17.6. The maximum atomic E-state index is 5.47. The molecule has 0 spiro atoms. The van der Waals surface area contributed by atoms with E-state index in [1.54, 1.807) is 0 Å². The van der Waals surface area contributed by atoms with Crippen molar-refractivity contribution in [1.82, 2.24) is 19.9 Å². The van der Waals surface area contributed by atoms with E-state index in [2.05, 4.69) is 25.8 Å². The Morgan fingerprint density at radius 2 is 1.57 bits per heavy atom. The summed E-state index contributed by atoms with van der Waals surface area (Å²) in [5, 5.41) is 0. The summed E-state index contributed by atoms with van der Waals surface area (Å²) in [4.78, 5) is 25.7. The van der Waals surface area contributed by atoms with Crippen molar-refractivity contribution in [3.05, 3.63) is 29.8 Å². The first-order valence-electron chi connectivity index (χ1n) is 10.3. The van der Waals surface area contributed by atoms with Gasteiger partial charge < -0.3 is 19.4 Å². The van der Waals surface area contributed by atoms with Crippen LogP contribution in [0.4, 0.5) is 17.6 Å². The molecule has 2 aliphatic heterocycles. The highest BCUT2D eigenvalue weighted by Crippen LogP contribution is 2.38. The third-order valence-electron chi connectivity index (χ3n) is 5.65. The van der Waals surface area contributed by atoms with Crippen molar-refractivity contribution in [2.75, 3.05) is 67.2 Å². The van der Waals surface area contributed by atoms with Crippen LogP contribution in [0.5, 0.6) is 0 Å². The highest BCUT2D eigenvalue weighted by molar-refractivity contribution is 5.48. The van der Waals surface area contributed by atoms with Crippen LogP contribution in [0.15, 0.2) is 18.3 Å². The van der Waals surface area contributed by atoms with E-state index < -0.39 is 0 Å². The topological polar surface area (TPSA) is 70.5 Å². The molecule has 8 nitrogen and oxygen atoms in total. The summed E-state index contributed by atoms with van der Waals surface area (Å²) in [5.41, 5.74) is 1.01. The third-order valence-corrected chi connectivity index (χ3v) is 5.65. The Balaban J connectivity index is 1.27. The van der Waals surface area contributed by atoms with Crippen LogP contribution in [0.2, 0.25) is 0 Å². The van der Waals surface area contributed by atoms with Gasteiger partial charge in [0.1, 0.15) is 17.5 Å². The lowest BCUT2D eigenvalue weighted by atomic mass is 10.3. The van der Waals surface area contributed by atoms with E-state index >= 15 is 0 Å². The molecular formula is C20H27N7O. The zero-order valence-corrected chi connectivity index (χ0v) is 16.4. The Morgan fingerprint density at radius 3 is 2.32 bits per heavy atom. The minimum atomic E-state index is 0.584. The van der Waals surface area contributed by atoms with E-state index in [-0.39, 0.29) is 0 Å². The van der Waals surface area contributed by atoms with Crippen LogP contribution in [-0.4, -0.2) is 72.4 Å². The number of ether oxygens (including phenoxy) is 1. The van der Waals surface area contributed by atoms with Crippen molar-refractivity contribution >= 4 is 17.6 Å². The van der Waals surface area contributed by atoms with E-state index in [9.17, 15) is 0 Å². The predicted octanol–water partition coefficient (Wildman–Crippen LogP) is 1.62. The van der Waals surface area contributed by atoms with Gasteiger partial charge in [-0.1, -0.05) is 0 Å². The summed E-state index contributed by atoms with van der Waals surface area (Å²) in [6.07, 6.45) is 4.36. The van der Waals surface area contributed by atoms with Crippen molar-refractivity contribution in [3.8, 4) is 0 Å². The van der Waals surface area contributed by atoms with Gasteiger partial charge >= 0.3 is 0 Å². The zero-order valence-electron chi connectivity index (χ0n) is 16.4. The van der Waals surface area contributed by atoms with Crippen molar-refractivity contribution in [2.45, 2.75) is 25.7 Å². The Hall–Kier alpha value is -2.48. The highest BCUT2D eigenvalue weighted by Gasteiger charge is 2.28. The van der Waals surface area contributed by atoms with Crippen molar-refractivity contribution < 1.29 is 4.74 Å². The molecule has 0 N–H and O–H groups in total. The fourth-order valence-corrected chi connectivity index (χ4v) is 3.85. The van der Waals surface area contributed by atoms with Crippen LogP contribution in [0.1, 0.15) is 30.3 Å². The number of nitrogens with zero attached hydrogens (tertiary/aromatic N) is 7. The average molecular weight is 381 g/mol. The molecule has 4 heterocycles. The molecule has 2 aromatic rings. The Kier molecular flexibility index (Phi) is 4.72. The molecule has 0 atom stereocenters. The Morgan fingerprint density at radius 1 is 0.857 bits per heavy atom. The molecule has 0 bridgehead atoms. The maximum absolute atomic E-state index is 5.47. The summed E-state index contributed by atoms with van der Waals surface area (Å²) >= 11 is 0. The van der Waals surface area contributed by atoms with Crippen LogP contribution in [0.25, 0.3) is 0 Å². The van der Waals surface area contributed by atoms with Gasteiger partial charge in [0, 0.05) is 63.1 Å². The molecule has 2 saturated heterocycles. The molecule has 1 aliphatic carbocycles. The number of morpholine rings is 1. The van der Waals surface area contributed by atoms with E-state index in [0.29, 0.717) is 5.92 Å². The molecule has 5 rings (SSSR count). The molecule has 2 aromatic heterocycles. The fourth-order valence-electron chi connectivity index (χ4n) is 3.85. The van der Waals surface area contributed by atoms with Gasteiger partial charge in [-0.2, -0.15) is 4.98 Å². The van der Waals surface area contributed by atoms with Gasteiger partial charge in [0.2, 0.25) is 5.95 Å². The van der Waals surface area contributed by atoms with Crippen LogP contribution in [-0.2, 0) is 4.74 Å². The van der Waals surface area contributed by atoms with Crippen LogP contribution in [0, 0.1) is 6.92 Å². The van der Waals surface area contributed by atoms with E-state index in [1.165, 1.54) is 12.8 Å². The molecule has 1 saturated carbocycles. The summed E-state index contributed by atoms with van der Waals surface area (Å²) in [7, 11) is 0. The number of rotatable bonds is 4. The van der Waals surface area contributed by atoms with Gasteiger partial charge in [0.15, 0.2) is 0 Å². The molecule has 0 unspecified atom stereocenters. The SMILES string of the molecule is Cc1cc(N2CCOCC2)nc(N2CCN(c3ccnc(C4CC4)n3)CC2)n1. The lowest BCUT2D eigenvalue weighted by Crippen LogP contribution is -2.47. The van der Waals surface area contributed by atoms with Crippen molar-refractivity contribution in [2.24, 2.45) is 0 Å². The van der Waals surface area contributed by atoms with Crippen molar-refractivity contribution in [3.63, 3.8) is 0 Å². The first-order valence-corrected chi connectivity index (χ1v) is 10.3. The van der Waals surface area contributed by atoms with Gasteiger partial charge in [-0.25, -0.2) is 15.0 Å². The lowest BCUT2D eigenvalue weighted by molar-refractivity contribution is 0.122. The van der Waals surface area contributed by atoms with E-state index in [4.69, 9.17) is 19.7 Å². The maximum Gasteiger partial charge on any atom is 0.227 e. The van der Waals surface area contributed by atoms with Crippen LogP contribution >= 0.6 is 0 Å². The summed E-state index contributed by atoms with van der Waals surface area (Å²) in [6.45, 7) is 8.99. The molecular weight excluding hydrogens is 354 g/mol.